The van der Waals surface area contributed by atoms with Crippen molar-refractivity contribution in [2.24, 2.45) is 0 Å². The zero-order valence-corrected chi connectivity index (χ0v) is 23.5. The molecule has 4 aliphatic heterocycles. The highest BCUT2D eigenvalue weighted by Crippen LogP contribution is 2.48. The summed E-state index contributed by atoms with van der Waals surface area (Å²) >= 11 is 0. The van der Waals surface area contributed by atoms with E-state index in [1.807, 2.05) is 0 Å². The van der Waals surface area contributed by atoms with Crippen LogP contribution in [-0.4, -0.2) is 86.7 Å². The van der Waals surface area contributed by atoms with Crippen LogP contribution in [0.5, 0.6) is 11.5 Å². The van der Waals surface area contributed by atoms with Crippen LogP contribution in [0.15, 0.2) is 46.6 Å². The van der Waals surface area contributed by atoms with Gasteiger partial charge in [0, 0.05) is 16.7 Å². The van der Waals surface area contributed by atoms with E-state index in [9.17, 15) is 44.1 Å². The van der Waals surface area contributed by atoms with Crippen LogP contribution in [0.4, 0.5) is 0 Å². The minimum absolute atomic E-state index is 0.000948. The van der Waals surface area contributed by atoms with Gasteiger partial charge < -0.3 is 34.3 Å². The first-order valence-corrected chi connectivity index (χ1v) is 14.1. The summed E-state index contributed by atoms with van der Waals surface area (Å²) in [5.74, 6) is -7.72. The van der Waals surface area contributed by atoms with Crippen LogP contribution in [0.1, 0.15) is 68.1 Å². The molecule has 0 aromatic heterocycles. The molecule has 4 heterocycles. The van der Waals surface area contributed by atoms with Crippen molar-refractivity contribution in [2.75, 3.05) is 0 Å². The van der Waals surface area contributed by atoms with Crippen molar-refractivity contribution in [2.45, 2.75) is 63.0 Å². The molecule has 6 aliphatic rings. The Kier molecular flexibility index (Phi) is 5.39. The van der Waals surface area contributed by atoms with Crippen molar-refractivity contribution >= 4 is 35.1 Å². The van der Waals surface area contributed by atoms with Gasteiger partial charge in [-0.1, -0.05) is 0 Å². The second-order valence-corrected chi connectivity index (χ2v) is 12.0. The van der Waals surface area contributed by atoms with E-state index in [2.05, 4.69) is 0 Å². The molecule has 0 spiro atoms. The van der Waals surface area contributed by atoms with E-state index in [1.165, 1.54) is 25.1 Å². The van der Waals surface area contributed by atoms with E-state index in [0.29, 0.717) is 0 Å². The lowest BCUT2D eigenvalue weighted by Gasteiger charge is -2.40. The molecule has 0 saturated carbocycles. The summed E-state index contributed by atoms with van der Waals surface area (Å²) in [6, 6.07) is 4.88. The van der Waals surface area contributed by atoms with Crippen molar-refractivity contribution < 1.29 is 63.0 Å². The number of phenolic OH excluding ortho intramolecular Hbond substituents is 2. The second-order valence-electron chi connectivity index (χ2n) is 12.0. The number of fused-ring (bicyclic) bond motifs is 6. The highest BCUT2D eigenvalue weighted by atomic mass is 16.7. The van der Waals surface area contributed by atoms with Crippen LogP contribution in [0.25, 0.3) is 11.1 Å². The number of esters is 2. The normalized spacial score (nSPS) is 31.6. The molecule has 2 saturated heterocycles. The van der Waals surface area contributed by atoms with Crippen molar-refractivity contribution in [1.82, 2.24) is 0 Å². The molecule has 2 fully saturated rings. The van der Waals surface area contributed by atoms with E-state index in [1.54, 1.807) is 6.92 Å². The molecule has 45 heavy (non-hydrogen) atoms. The van der Waals surface area contributed by atoms with Gasteiger partial charge in [0.15, 0.2) is 41.1 Å². The number of hydrogen-bond donors (Lipinski definition) is 3. The summed E-state index contributed by atoms with van der Waals surface area (Å²) in [7, 11) is 0. The lowest BCUT2D eigenvalue weighted by molar-refractivity contribution is -0.206. The van der Waals surface area contributed by atoms with Gasteiger partial charge in [-0.3, -0.25) is 28.8 Å². The molecule has 3 N–H and O–H groups in total. The van der Waals surface area contributed by atoms with E-state index in [4.69, 9.17) is 18.9 Å². The third-order valence-electron chi connectivity index (χ3n) is 9.16. The fourth-order valence-electron chi connectivity index (χ4n) is 7.34. The first kappa shape index (κ1) is 27.6. The first-order chi connectivity index (χ1) is 21.3. The number of hydrogen-bond acceptors (Lipinski definition) is 13. The largest absolute Gasteiger partial charge is 0.507 e. The Morgan fingerprint density at radius 1 is 0.689 bits per heavy atom. The molecule has 0 unspecified atom stereocenters. The Labute approximate surface area is 252 Å². The molecule has 0 amide bonds. The predicted octanol–water partition coefficient (Wildman–Crippen LogP) is 1.64. The Bertz CT molecular complexity index is 1960. The van der Waals surface area contributed by atoms with Gasteiger partial charge in [-0.15, -0.1) is 0 Å². The van der Waals surface area contributed by atoms with Crippen LogP contribution in [-0.2, 0) is 28.5 Å². The molecule has 13 heteroatoms. The number of aromatic hydroxyl groups is 2. The maximum Gasteiger partial charge on any atom is 0.309 e. The number of carbonyl (C=O) groups is 6. The fraction of sp³-hybridized carbons (Fsp3) is 0.312. The SMILES string of the molecule is C[C@@H]1O[C@@H]2CC(=O)O[C@@H]2C2=C1C(=O)c1cc(-c3cc(O)c4c(c3)C(=O)C3=C(C4=O)[C@@H]4OC(=O)C[C@@H]4O[C@@]3(C)O)cc(O)c1C2=O. The summed E-state index contributed by atoms with van der Waals surface area (Å²) in [6.45, 7) is 2.74. The van der Waals surface area contributed by atoms with E-state index >= 15 is 0 Å². The number of ether oxygens (including phenoxy) is 4. The maximum atomic E-state index is 13.8. The number of benzene rings is 2. The van der Waals surface area contributed by atoms with Gasteiger partial charge in [-0.2, -0.15) is 0 Å². The number of aliphatic hydroxyl groups is 1. The highest BCUT2D eigenvalue weighted by Gasteiger charge is 2.56. The first-order valence-electron chi connectivity index (χ1n) is 14.1. The van der Waals surface area contributed by atoms with E-state index in [0.717, 1.165) is 6.07 Å². The van der Waals surface area contributed by atoms with Gasteiger partial charge in [-0.25, -0.2) is 0 Å². The minimum atomic E-state index is -2.26. The van der Waals surface area contributed by atoms with Crippen LogP contribution in [0.2, 0.25) is 0 Å². The molecule has 2 aromatic rings. The third kappa shape index (κ3) is 3.59. The topological polar surface area (TPSA) is 200 Å². The predicted molar refractivity (Wildman–Crippen MR) is 145 cm³/mol. The monoisotopic (exact) mass is 614 g/mol. The van der Waals surface area contributed by atoms with E-state index < -0.39 is 88.5 Å². The fourth-order valence-corrected chi connectivity index (χ4v) is 7.34. The van der Waals surface area contributed by atoms with E-state index in [-0.39, 0.29) is 62.9 Å². The van der Waals surface area contributed by atoms with Gasteiger partial charge in [-0.05, 0) is 49.2 Å². The van der Waals surface area contributed by atoms with Crippen LogP contribution in [0, 0.1) is 0 Å². The molecular weight excluding hydrogens is 592 g/mol. The summed E-state index contributed by atoms with van der Waals surface area (Å²) in [5.41, 5.74) is -1.69. The van der Waals surface area contributed by atoms with Crippen molar-refractivity contribution in [3.8, 4) is 22.6 Å². The Hall–Kier alpha value is -4.98. The number of carbonyl (C=O) groups excluding carboxylic acids is 6. The van der Waals surface area contributed by atoms with Crippen LogP contribution >= 0.6 is 0 Å². The van der Waals surface area contributed by atoms with Crippen molar-refractivity contribution in [3.05, 3.63) is 68.8 Å². The summed E-state index contributed by atoms with van der Waals surface area (Å²) in [4.78, 5) is 78.9. The Morgan fingerprint density at radius 3 is 1.80 bits per heavy atom. The molecule has 6 atom stereocenters. The second kappa shape index (κ2) is 8.81. The number of rotatable bonds is 1. The maximum absolute atomic E-state index is 13.8. The molecule has 8 rings (SSSR count). The molecular formula is C32H22O13. The number of Topliss-reactive ketones (excluding diaryl/α,β-unsaturated/α-hetero) is 4. The van der Waals surface area contributed by atoms with Crippen LogP contribution in [0.3, 0.4) is 0 Å². The summed E-state index contributed by atoms with van der Waals surface area (Å²) < 4.78 is 21.9. The molecule has 0 bridgehead atoms. The average molecular weight is 615 g/mol. The smallest absolute Gasteiger partial charge is 0.309 e. The summed E-state index contributed by atoms with van der Waals surface area (Å²) in [6.07, 6.45) is -5.26. The van der Waals surface area contributed by atoms with Crippen molar-refractivity contribution in [3.63, 3.8) is 0 Å². The quantitative estimate of drug-likeness (QED) is 0.392. The molecule has 13 nitrogen and oxygen atoms in total. The molecule has 0 radical (unpaired) electrons. The number of phenols is 2. The summed E-state index contributed by atoms with van der Waals surface area (Å²) in [5, 5.41) is 33.2. The van der Waals surface area contributed by atoms with Gasteiger partial charge in [0.2, 0.25) is 0 Å². The zero-order chi connectivity index (χ0) is 31.9. The molecule has 2 aromatic carbocycles. The van der Waals surface area contributed by atoms with Gasteiger partial charge in [0.1, 0.15) is 23.7 Å². The van der Waals surface area contributed by atoms with Gasteiger partial charge in [0.25, 0.3) is 0 Å². The van der Waals surface area contributed by atoms with Gasteiger partial charge in [0.05, 0.1) is 46.8 Å². The molecule has 2 aliphatic carbocycles. The third-order valence-corrected chi connectivity index (χ3v) is 9.16. The lowest BCUT2D eigenvalue weighted by atomic mass is 9.74. The molecule has 228 valence electrons. The zero-order valence-electron chi connectivity index (χ0n) is 23.5. The minimum Gasteiger partial charge on any atom is -0.507 e. The van der Waals surface area contributed by atoms with Crippen LogP contribution < -0.4 is 0 Å². The highest BCUT2D eigenvalue weighted by molar-refractivity contribution is 6.30. The lowest BCUT2D eigenvalue weighted by Crippen LogP contribution is -2.51. The van der Waals surface area contributed by atoms with Gasteiger partial charge >= 0.3 is 11.9 Å². The Balaban J connectivity index is 1.24. The number of ketones is 4. The Morgan fingerprint density at radius 2 is 1.20 bits per heavy atom. The standard InChI is InChI=1S/C32H22O13/c1-9-20-23(30-16(42-9)7-18(35)43-30)28(39)21-12(26(20)37)3-10(5-14(21)33)11-4-13-22(15(34)6-11)29(40)24-25(27(13)38)32(2,41)45-17-8-19(36)44-31(17)24/h3-6,9,16-17,30-31,33-34,41H,7-8H2,1-2H3/t9-,16+,17-,30-,31+,32+/m0/s1. The van der Waals surface area contributed by atoms with Crippen molar-refractivity contribution in [1.29, 1.82) is 0 Å². The average Bonchev–Trinajstić information content (AvgIpc) is 3.51.